The van der Waals surface area contributed by atoms with Crippen molar-refractivity contribution in [1.82, 2.24) is 5.32 Å². The van der Waals surface area contributed by atoms with Gasteiger partial charge in [0.25, 0.3) is 11.8 Å². The Balaban J connectivity index is 1.29. The van der Waals surface area contributed by atoms with Crippen LogP contribution in [0.2, 0.25) is 0 Å². The fourth-order valence-corrected chi connectivity index (χ4v) is 7.98. The summed E-state index contributed by atoms with van der Waals surface area (Å²) in [6.45, 7) is 3.98. The van der Waals surface area contributed by atoms with Gasteiger partial charge in [0.1, 0.15) is 10.7 Å². The van der Waals surface area contributed by atoms with Crippen LogP contribution in [0.5, 0.6) is 0 Å². The highest BCUT2D eigenvalue weighted by molar-refractivity contribution is 8.00. The lowest BCUT2D eigenvalue weighted by molar-refractivity contribution is -0.116. The van der Waals surface area contributed by atoms with E-state index >= 15 is 0 Å². The number of hydrogen-bond acceptors (Lipinski definition) is 8. The number of carbonyl (C=O) groups is 4. The zero-order valence-electron chi connectivity index (χ0n) is 25.6. The van der Waals surface area contributed by atoms with Crippen LogP contribution in [0, 0.1) is 0 Å². The van der Waals surface area contributed by atoms with E-state index in [0.717, 1.165) is 46.6 Å². The Bertz CT molecular complexity index is 1730. The maximum absolute atomic E-state index is 13.5. The summed E-state index contributed by atoms with van der Waals surface area (Å²) in [5, 5.41) is 12.6. The van der Waals surface area contributed by atoms with Crippen molar-refractivity contribution in [3.63, 3.8) is 0 Å². The van der Waals surface area contributed by atoms with Crippen LogP contribution in [-0.2, 0) is 27.2 Å². The molecule has 2 heterocycles. The zero-order chi connectivity index (χ0) is 32.5. The van der Waals surface area contributed by atoms with Crippen LogP contribution in [0.15, 0.2) is 82.0 Å². The number of esters is 1. The quantitative estimate of drug-likeness (QED) is 0.0804. The van der Waals surface area contributed by atoms with Crippen molar-refractivity contribution in [2.45, 2.75) is 56.1 Å². The molecule has 2 aromatic heterocycles. The van der Waals surface area contributed by atoms with Gasteiger partial charge in [0.2, 0.25) is 5.91 Å². The highest BCUT2D eigenvalue weighted by Gasteiger charge is 2.29. The smallest absolute Gasteiger partial charge is 0.341 e. The van der Waals surface area contributed by atoms with Crippen LogP contribution in [-0.4, -0.2) is 35.5 Å². The number of hydrogen-bond donors (Lipinski definition) is 3. The second-order valence-corrected chi connectivity index (χ2v) is 13.7. The average molecular weight is 674 g/mol. The molecule has 0 saturated heterocycles. The van der Waals surface area contributed by atoms with Gasteiger partial charge in [-0.05, 0) is 103 Å². The highest BCUT2D eigenvalue weighted by atomic mass is 32.2. The molecule has 0 saturated carbocycles. The summed E-state index contributed by atoms with van der Waals surface area (Å²) in [7, 11) is 0. The Kier molecular flexibility index (Phi) is 11.5. The number of nitrogens with one attached hydrogen (secondary N) is 3. The number of anilines is 2. The summed E-state index contributed by atoms with van der Waals surface area (Å²) in [5.74, 6) is -1.46. The standard InChI is InChI=1S/C35H35N3O5S3/c1-3-28(33(41)38-34-30(35(42)43-4-2)26-15-8-9-16-29(26)46-34)45-25-14-10-13-24(20-25)36-32(40)27(19-22-17-18-44-21-22)37-31(39)23-11-6-5-7-12-23/h5-7,10-14,17-21,28H,3-4,8-9,15-16H2,1-2H3,(H,36,40)(H,37,39)(H,38,41)/b27-19-. The van der Waals surface area contributed by atoms with E-state index in [0.29, 0.717) is 28.2 Å². The molecule has 0 bridgehead atoms. The summed E-state index contributed by atoms with van der Waals surface area (Å²) in [5.41, 5.74) is 3.35. The summed E-state index contributed by atoms with van der Waals surface area (Å²) in [6.07, 6.45) is 5.96. The molecule has 1 aliphatic carbocycles. The van der Waals surface area contributed by atoms with Gasteiger partial charge in [-0.2, -0.15) is 11.3 Å². The summed E-state index contributed by atoms with van der Waals surface area (Å²) >= 11 is 4.34. The van der Waals surface area contributed by atoms with Gasteiger partial charge in [-0.1, -0.05) is 31.2 Å². The van der Waals surface area contributed by atoms with E-state index in [1.807, 2.05) is 35.9 Å². The van der Waals surface area contributed by atoms with Gasteiger partial charge in [0.05, 0.1) is 17.4 Å². The van der Waals surface area contributed by atoms with Gasteiger partial charge in [-0.15, -0.1) is 23.1 Å². The van der Waals surface area contributed by atoms with E-state index in [9.17, 15) is 19.2 Å². The number of amides is 3. The van der Waals surface area contributed by atoms with Crippen LogP contribution in [0.1, 0.15) is 69.8 Å². The third-order valence-electron chi connectivity index (χ3n) is 7.30. The molecule has 4 aromatic rings. The molecule has 1 aliphatic rings. The average Bonchev–Trinajstić information content (AvgIpc) is 3.71. The molecule has 3 N–H and O–H groups in total. The lowest BCUT2D eigenvalue weighted by Crippen LogP contribution is -2.30. The molecule has 238 valence electrons. The number of rotatable bonds is 12. The van der Waals surface area contributed by atoms with Crippen LogP contribution < -0.4 is 16.0 Å². The first kappa shape index (κ1) is 33.2. The Morgan fingerprint density at radius 3 is 2.52 bits per heavy atom. The van der Waals surface area contributed by atoms with E-state index in [4.69, 9.17) is 4.74 Å². The molecule has 2 aromatic carbocycles. The number of thioether (sulfide) groups is 1. The number of fused-ring (bicyclic) bond motifs is 1. The molecule has 5 rings (SSSR count). The number of carbonyl (C=O) groups excluding carboxylic acids is 4. The minimum atomic E-state index is -0.476. The lowest BCUT2D eigenvalue weighted by Gasteiger charge is -2.16. The van der Waals surface area contributed by atoms with E-state index in [2.05, 4.69) is 16.0 Å². The molecular weight excluding hydrogens is 639 g/mol. The van der Waals surface area contributed by atoms with Crippen molar-refractivity contribution < 1.29 is 23.9 Å². The number of benzene rings is 2. The first-order valence-electron chi connectivity index (χ1n) is 15.2. The molecule has 1 unspecified atom stereocenters. The lowest BCUT2D eigenvalue weighted by atomic mass is 9.95. The Labute approximate surface area is 280 Å². The second-order valence-electron chi connectivity index (χ2n) is 10.6. The molecular formula is C35H35N3O5S3. The van der Waals surface area contributed by atoms with Gasteiger partial charge in [0, 0.05) is 21.0 Å². The fourth-order valence-electron chi connectivity index (χ4n) is 5.06. The monoisotopic (exact) mass is 673 g/mol. The SMILES string of the molecule is CCOC(=O)c1c(NC(=O)C(CC)Sc2cccc(NC(=O)/C(=C/c3ccsc3)NC(=O)c3ccccc3)c2)sc2c1CCCC2. The molecule has 0 spiro atoms. The van der Waals surface area contributed by atoms with Crippen LogP contribution >= 0.6 is 34.4 Å². The van der Waals surface area contributed by atoms with E-state index < -0.39 is 23.0 Å². The van der Waals surface area contributed by atoms with Crippen molar-refractivity contribution >= 4 is 74.9 Å². The summed E-state index contributed by atoms with van der Waals surface area (Å²) in [4.78, 5) is 54.6. The third-order valence-corrected chi connectivity index (χ3v) is 10.6. The first-order chi connectivity index (χ1) is 22.4. The largest absolute Gasteiger partial charge is 0.462 e. The van der Waals surface area contributed by atoms with Crippen molar-refractivity contribution in [3.8, 4) is 0 Å². The number of aryl methyl sites for hydroxylation is 1. The molecule has 8 nitrogen and oxygen atoms in total. The van der Waals surface area contributed by atoms with Crippen LogP contribution in [0.4, 0.5) is 10.7 Å². The van der Waals surface area contributed by atoms with Gasteiger partial charge in [-0.3, -0.25) is 14.4 Å². The van der Waals surface area contributed by atoms with Crippen LogP contribution in [0.3, 0.4) is 0 Å². The summed E-state index contributed by atoms with van der Waals surface area (Å²) < 4.78 is 5.34. The molecule has 0 fully saturated rings. The van der Waals surface area contributed by atoms with Gasteiger partial charge >= 0.3 is 5.97 Å². The molecule has 46 heavy (non-hydrogen) atoms. The molecule has 3 amide bonds. The minimum absolute atomic E-state index is 0.104. The van der Waals surface area contributed by atoms with E-state index in [-0.39, 0.29) is 18.2 Å². The molecule has 1 atom stereocenters. The normalized spacial score (nSPS) is 13.3. The van der Waals surface area contributed by atoms with Crippen molar-refractivity contribution in [1.29, 1.82) is 0 Å². The summed E-state index contributed by atoms with van der Waals surface area (Å²) in [6, 6.07) is 17.8. The van der Waals surface area contributed by atoms with Crippen LogP contribution in [0.25, 0.3) is 6.08 Å². The van der Waals surface area contributed by atoms with Crippen molar-refractivity contribution in [2.24, 2.45) is 0 Å². The number of thiophene rings is 2. The van der Waals surface area contributed by atoms with E-state index in [1.54, 1.807) is 55.5 Å². The third kappa shape index (κ3) is 8.34. The predicted octanol–water partition coefficient (Wildman–Crippen LogP) is 7.78. The van der Waals surface area contributed by atoms with Gasteiger partial charge in [0.15, 0.2) is 0 Å². The second kappa shape index (κ2) is 15.9. The predicted molar refractivity (Wildman–Crippen MR) is 187 cm³/mol. The highest BCUT2D eigenvalue weighted by Crippen LogP contribution is 2.39. The molecule has 0 radical (unpaired) electrons. The topological polar surface area (TPSA) is 114 Å². The zero-order valence-corrected chi connectivity index (χ0v) is 28.0. The van der Waals surface area contributed by atoms with Gasteiger partial charge in [-0.25, -0.2) is 4.79 Å². The van der Waals surface area contributed by atoms with Crippen molar-refractivity contribution in [2.75, 3.05) is 17.2 Å². The molecule has 0 aliphatic heterocycles. The number of ether oxygens (including phenoxy) is 1. The Morgan fingerprint density at radius 2 is 1.78 bits per heavy atom. The first-order valence-corrected chi connectivity index (χ1v) is 17.8. The Morgan fingerprint density at radius 1 is 0.978 bits per heavy atom. The van der Waals surface area contributed by atoms with Gasteiger partial charge < -0.3 is 20.7 Å². The molecule has 11 heteroatoms. The van der Waals surface area contributed by atoms with Crippen molar-refractivity contribution in [3.05, 3.63) is 104 Å². The maximum Gasteiger partial charge on any atom is 0.341 e. The maximum atomic E-state index is 13.5. The Hall–Kier alpha value is -4.19. The minimum Gasteiger partial charge on any atom is -0.462 e. The fraction of sp³-hybridized carbons (Fsp3) is 0.257. The van der Waals surface area contributed by atoms with E-state index in [1.165, 1.54) is 34.4 Å².